The van der Waals surface area contributed by atoms with Crippen molar-refractivity contribution in [2.75, 3.05) is 14.2 Å². The number of rotatable bonds is 5. The number of esters is 1. The van der Waals surface area contributed by atoms with E-state index in [1.54, 1.807) is 45.2 Å². The fourth-order valence-corrected chi connectivity index (χ4v) is 3.24. The molecule has 0 bridgehead atoms. The summed E-state index contributed by atoms with van der Waals surface area (Å²) in [5, 5.41) is 0. The van der Waals surface area contributed by atoms with Crippen LogP contribution in [0.4, 0.5) is 0 Å². The normalized spacial score (nSPS) is 15.0. The van der Waals surface area contributed by atoms with E-state index in [0.29, 0.717) is 33.9 Å². The SMILES string of the molecule is COC(=O)C(C)Oc1ccc2c(c1C)O/C(=C\c1cc(Br)ccc1OC)C2=O. The van der Waals surface area contributed by atoms with Gasteiger partial charge in [-0.25, -0.2) is 4.79 Å². The van der Waals surface area contributed by atoms with Crippen LogP contribution in [0.5, 0.6) is 17.2 Å². The molecule has 1 unspecified atom stereocenters. The van der Waals surface area contributed by atoms with E-state index < -0.39 is 12.1 Å². The number of ketones is 1. The standard InChI is InChI=1S/C21H19BrO6/c1-11-16(27-12(2)21(24)26-4)8-6-15-19(23)18(28-20(11)15)10-13-9-14(22)5-7-17(13)25-3/h5-10,12H,1-4H3/b18-10-. The summed E-state index contributed by atoms with van der Waals surface area (Å²) in [6.07, 6.45) is 0.864. The summed E-state index contributed by atoms with van der Waals surface area (Å²) < 4.78 is 22.4. The molecule has 2 aromatic rings. The Bertz CT molecular complexity index is 979. The minimum absolute atomic E-state index is 0.188. The molecule has 0 aliphatic carbocycles. The molecule has 7 heteroatoms. The van der Waals surface area contributed by atoms with E-state index in [4.69, 9.17) is 14.2 Å². The van der Waals surface area contributed by atoms with Crippen LogP contribution in [0.1, 0.15) is 28.4 Å². The van der Waals surface area contributed by atoms with Crippen LogP contribution in [0.15, 0.2) is 40.6 Å². The quantitative estimate of drug-likeness (QED) is 0.502. The number of hydrogen-bond acceptors (Lipinski definition) is 6. The van der Waals surface area contributed by atoms with Gasteiger partial charge in [-0.3, -0.25) is 4.79 Å². The van der Waals surface area contributed by atoms with Gasteiger partial charge in [0.2, 0.25) is 5.78 Å². The van der Waals surface area contributed by atoms with Gasteiger partial charge in [-0.2, -0.15) is 0 Å². The summed E-state index contributed by atoms with van der Waals surface area (Å²) in [7, 11) is 2.86. The first-order valence-electron chi connectivity index (χ1n) is 8.51. The van der Waals surface area contributed by atoms with Gasteiger partial charge in [0.25, 0.3) is 0 Å². The number of benzene rings is 2. The van der Waals surface area contributed by atoms with Crippen molar-refractivity contribution in [2.45, 2.75) is 20.0 Å². The van der Waals surface area contributed by atoms with Crippen LogP contribution in [0, 0.1) is 6.92 Å². The van der Waals surface area contributed by atoms with E-state index in [-0.39, 0.29) is 11.5 Å². The second kappa shape index (κ2) is 8.06. The number of carbonyl (C=O) groups excluding carboxylic acids is 2. The van der Waals surface area contributed by atoms with E-state index in [9.17, 15) is 9.59 Å². The van der Waals surface area contributed by atoms with E-state index >= 15 is 0 Å². The highest BCUT2D eigenvalue weighted by Crippen LogP contribution is 2.40. The number of hydrogen-bond donors (Lipinski definition) is 0. The molecular weight excluding hydrogens is 428 g/mol. The molecule has 1 heterocycles. The zero-order chi connectivity index (χ0) is 20.4. The maximum absolute atomic E-state index is 12.8. The van der Waals surface area contributed by atoms with Gasteiger partial charge in [0.1, 0.15) is 17.2 Å². The highest BCUT2D eigenvalue weighted by Gasteiger charge is 2.31. The van der Waals surface area contributed by atoms with E-state index in [1.807, 2.05) is 12.1 Å². The van der Waals surface area contributed by atoms with Crippen LogP contribution < -0.4 is 14.2 Å². The van der Waals surface area contributed by atoms with E-state index in [2.05, 4.69) is 20.7 Å². The van der Waals surface area contributed by atoms with Crippen LogP contribution in [0.3, 0.4) is 0 Å². The largest absolute Gasteiger partial charge is 0.496 e. The summed E-state index contributed by atoms with van der Waals surface area (Å²) in [6, 6.07) is 8.77. The molecule has 146 valence electrons. The molecule has 0 N–H and O–H groups in total. The summed E-state index contributed by atoms with van der Waals surface area (Å²) in [4.78, 5) is 24.4. The second-order valence-corrected chi connectivity index (χ2v) is 7.09. The van der Waals surface area contributed by atoms with Gasteiger partial charge in [-0.15, -0.1) is 0 Å². The Balaban J connectivity index is 1.94. The van der Waals surface area contributed by atoms with Crippen LogP contribution in [0.2, 0.25) is 0 Å². The number of allylic oxidation sites excluding steroid dienone is 1. The highest BCUT2D eigenvalue weighted by molar-refractivity contribution is 9.10. The average molecular weight is 447 g/mol. The number of halogens is 1. The summed E-state index contributed by atoms with van der Waals surface area (Å²) in [6.45, 7) is 3.36. The van der Waals surface area contributed by atoms with Gasteiger partial charge in [0.05, 0.1) is 19.8 Å². The van der Waals surface area contributed by atoms with Crippen LogP contribution in [-0.4, -0.2) is 32.1 Å². The maximum Gasteiger partial charge on any atom is 0.346 e. The highest BCUT2D eigenvalue weighted by atomic mass is 79.9. The molecule has 0 saturated heterocycles. The predicted octanol–water partition coefficient (Wildman–Crippen LogP) is 4.32. The van der Waals surface area contributed by atoms with Crippen molar-refractivity contribution >= 4 is 33.8 Å². The molecule has 1 atom stereocenters. The molecular formula is C21H19BrO6. The van der Waals surface area contributed by atoms with Crippen molar-refractivity contribution in [3.05, 3.63) is 57.3 Å². The maximum atomic E-state index is 12.8. The number of fused-ring (bicyclic) bond motifs is 1. The lowest BCUT2D eigenvalue weighted by Gasteiger charge is -2.15. The zero-order valence-corrected chi connectivity index (χ0v) is 17.5. The van der Waals surface area contributed by atoms with Gasteiger partial charge < -0.3 is 18.9 Å². The van der Waals surface area contributed by atoms with Crippen molar-refractivity contribution in [2.24, 2.45) is 0 Å². The first-order chi connectivity index (χ1) is 13.3. The zero-order valence-electron chi connectivity index (χ0n) is 15.9. The topological polar surface area (TPSA) is 71.1 Å². The molecule has 0 amide bonds. The average Bonchev–Trinajstić information content (AvgIpc) is 3.00. The van der Waals surface area contributed by atoms with Crippen molar-refractivity contribution in [1.29, 1.82) is 0 Å². The minimum Gasteiger partial charge on any atom is -0.496 e. The third-order valence-electron chi connectivity index (χ3n) is 4.35. The third-order valence-corrected chi connectivity index (χ3v) is 4.85. The number of methoxy groups -OCH3 is 2. The molecule has 28 heavy (non-hydrogen) atoms. The number of Topliss-reactive ketones (excluding diaryl/α,β-unsaturated/α-hetero) is 1. The smallest absolute Gasteiger partial charge is 0.346 e. The van der Waals surface area contributed by atoms with E-state index in [0.717, 1.165) is 4.47 Å². The Morgan fingerprint density at radius 3 is 2.57 bits per heavy atom. The second-order valence-electron chi connectivity index (χ2n) is 6.17. The van der Waals surface area contributed by atoms with Crippen LogP contribution in [-0.2, 0) is 9.53 Å². The summed E-state index contributed by atoms with van der Waals surface area (Å²) in [5.74, 6) is 0.959. The van der Waals surface area contributed by atoms with Gasteiger partial charge in [-0.05, 0) is 50.3 Å². The van der Waals surface area contributed by atoms with Crippen molar-refractivity contribution in [3.63, 3.8) is 0 Å². The lowest BCUT2D eigenvalue weighted by Crippen LogP contribution is -2.25. The lowest BCUT2D eigenvalue weighted by molar-refractivity contribution is -0.147. The molecule has 0 fully saturated rings. The fourth-order valence-electron chi connectivity index (χ4n) is 2.86. The van der Waals surface area contributed by atoms with Gasteiger partial charge in [0.15, 0.2) is 11.9 Å². The lowest BCUT2D eigenvalue weighted by atomic mass is 10.1. The minimum atomic E-state index is -0.778. The summed E-state index contributed by atoms with van der Waals surface area (Å²) >= 11 is 3.42. The van der Waals surface area contributed by atoms with Crippen molar-refractivity contribution in [3.8, 4) is 17.2 Å². The van der Waals surface area contributed by atoms with Gasteiger partial charge >= 0.3 is 5.97 Å². The van der Waals surface area contributed by atoms with E-state index in [1.165, 1.54) is 7.11 Å². The molecule has 0 saturated carbocycles. The monoisotopic (exact) mass is 446 g/mol. The number of ether oxygens (including phenoxy) is 4. The molecule has 0 spiro atoms. The molecule has 3 rings (SSSR count). The van der Waals surface area contributed by atoms with Gasteiger partial charge in [-0.1, -0.05) is 15.9 Å². The third kappa shape index (κ3) is 3.75. The van der Waals surface area contributed by atoms with Crippen LogP contribution >= 0.6 is 15.9 Å². The Morgan fingerprint density at radius 1 is 1.18 bits per heavy atom. The molecule has 2 aromatic carbocycles. The molecule has 1 aliphatic rings. The molecule has 0 aromatic heterocycles. The van der Waals surface area contributed by atoms with Crippen LogP contribution in [0.25, 0.3) is 6.08 Å². The molecule has 6 nitrogen and oxygen atoms in total. The van der Waals surface area contributed by atoms with Gasteiger partial charge in [0, 0.05) is 15.6 Å². The van der Waals surface area contributed by atoms with Crippen molar-refractivity contribution in [1.82, 2.24) is 0 Å². The molecule has 1 aliphatic heterocycles. The Kier molecular flexibility index (Phi) is 5.74. The fraction of sp³-hybridized carbons (Fsp3) is 0.238. The van der Waals surface area contributed by atoms with Crippen molar-refractivity contribution < 1.29 is 28.5 Å². The summed E-state index contributed by atoms with van der Waals surface area (Å²) in [5.41, 5.74) is 1.78. The number of carbonyl (C=O) groups is 2. The first kappa shape index (κ1) is 19.9. The molecule has 0 radical (unpaired) electrons. The first-order valence-corrected chi connectivity index (χ1v) is 9.31. The Labute approximate surface area is 171 Å². The predicted molar refractivity (Wildman–Crippen MR) is 107 cm³/mol. The Morgan fingerprint density at radius 2 is 1.89 bits per heavy atom. The Hall–Kier alpha value is -2.80.